The van der Waals surface area contributed by atoms with Crippen LogP contribution in [0.2, 0.25) is 0 Å². The van der Waals surface area contributed by atoms with Crippen LogP contribution in [-0.2, 0) is 0 Å². The number of benzene rings is 2. The van der Waals surface area contributed by atoms with Crippen LogP contribution in [-0.4, -0.2) is 0 Å². The smallest absolute Gasteiger partial charge is 0.00897 e. The molecule has 0 bridgehead atoms. The van der Waals surface area contributed by atoms with Crippen molar-refractivity contribution >= 4 is 17.7 Å². The minimum absolute atomic E-state index is 0.588. The lowest BCUT2D eigenvalue weighted by Gasteiger charge is -2.39. The molecule has 0 amide bonds. The second-order valence-electron chi connectivity index (χ2n) is 8.26. The van der Waals surface area contributed by atoms with Crippen LogP contribution >= 0.6 is 0 Å². The summed E-state index contributed by atoms with van der Waals surface area (Å²) in [4.78, 5) is 0. The molecule has 0 nitrogen and oxygen atoms in total. The predicted molar refractivity (Wildman–Crippen MR) is 119 cm³/mol. The summed E-state index contributed by atoms with van der Waals surface area (Å²) in [6.45, 7) is 11.4. The van der Waals surface area contributed by atoms with E-state index in [1.807, 2.05) is 0 Å². The van der Waals surface area contributed by atoms with E-state index in [1.54, 1.807) is 5.56 Å². The zero-order valence-corrected chi connectivity index (χ0v) is 16.8. The van der Waals surface area contributed by atoms with E-state index in [-0.39, 0.29) is 0 Å². The molecule has 1 saturated carbocycles. The Labute approximate surface area is 164 Å². The third-order valence-electron chi connectivity index (χ3n) is 6.67. The highest BCUT2D eigenvalue weighted by Gasteiger charge is 2.34. The molecule has 0 saturated heterocycles. The highest BCUT2D eigenvalue weighted by Crippen LogP contribution is 2.49. The highest BCUT2D eigenvalue weighted by atomic mass is 14.4. The molecule has 3 unspecified atom stereocenters. The fourth-order valence-corrected chi connectivity index (χ4v) is 4.58. The third kappa shape index (κ3) is 3.23. The Balaban J connectivity index is 1.93. The van der Waals surface area contributed by atoms with Gasteiger partial charge < -0.3 is 0 Å². The molecule has 27 heavy (non-hydrogen) atoms. The van der Waals surface area contributed by atoms with Gasteiger partial charge in [-0.15, -0.1) is 0 Å². The molecule has 0 aliphatic heterocycles. The Hall–Kier alpha value is -2.34. The molecular formula is C27H30. The van der Waals surface area contributed by atoms with Crippen molar-refractivity contribution in [3.05, 3.63) is 88.5 Å². The lowest BCUT2D eigenvalue weighted by Crippen LogP contribution is -2.24. The quantitative estimate of drug-likeness (QED) is 0.515. The number of hydrogen-bond donors (Lipinski definition) is 0. The van der Waals surface area contributed by atoms with Gasteiger partial charge in [-0.1, -0.05) is 81.1 Å². The lowest BCUT2D eigenvalue weighted by molar-refractivity contribution is 0.314. The van der Waals surface area contributed by atoms with Gasteiger partial charge in [0.05, 0.1) is 0 Å². The number of hydrogen-bond acceptors (Lipinski definition) is 0. The standard InChI is InChI=1S/C27H30/c1-5-18(2)24-11-8-12-25-20(4)19(3)17-23-10-7-6-9-21(23)13-14-22-15-16-26(22)27(24)25/h6-14,17-18,22,26H,4-5,15-16H2,1-3H3/b14-13-,19-17+. The molecule has 0 radical (unpaired) electrons. The van der Waals surface area contributed by atoms with Crippen LogP contribution in [0, 0.1) is 5.92 Å². The van der Waals surface area contributed by atoms with Crippen LogP contribution in [0.4, 0.5) is 0 Å². The summed E-state index contributed by atoms with van der Waals surface area (Å²) in [5, 5.41) is 0. The Bertz CT molecular complexity index is 925. The molecule has 138 valence electrons. The summed E-state index contributed by atoms with van der Waals surface area (Å²) in [5.74, 6) is 1.84. The van der Waals surface area contributed by atoms with Crippen LogP contribution in [0.1, 0.15) is 79.7 Å². The maximum Gasteiger partial charge on any atom is -0.00897 e. The van der Waals surface area contributed by atoms with Crippen LogP contribution in [0.3, 0.4) is 0 Å². The fourth-order valence-electron chi connectivity index (χ4n) is 4.58. The van der Waals surface area contributed by atoms with Crippen molar-refractivity contribution in [3.63, 3.8) is 0 Å². The molecule has 2 aliphatic carbocycles. The topological polar surface area (TPSA) is 0 Å². The predicted octanol–water partition coefficient (Wildman–Crippen LogP) is 7.84. The SMILES string of the molecule is C=C1/C(C)=C/c2ccccc2/C=C\C2CCC2c2c1cccc2C(C)CC. The maximum atomic E-state index is 4.54. The average molecular weight is 355 g/mol. The second-order valence-corrected chi connectivity index (χ2v) is 8.26. The van der Waals surface area contributed by atoms with Crippen LogP contribution in [0.15, 0.2) is 60.7 Å². The first-order valence-electron chi connectivity index (χ1n) is 10.4. The number of allylic oxidation sites excluding steroid dienone is 3. The van der Waals surface area contributed by atoms with E-state index < -0.39 is 0 Å². The van der Waals surface area contributed by atoms with Gasteiger partial charge in [0.25, 0.3) is 0 Å². The van der Waals surface area contributed by atoms with E-state index in [9.17, 15) is 0 Å². The molecule has 4 rings (SSSR count). The zero-order chi connectivity index (χ0) is 19.0. The monoisotopic (exact) mass is 354 g/mol. The van der Waals surface area contributed by atoms with Crippen LogP contribution in [0.25, 0.3) is 17.7 Å². The summed E-state index contributed by atoms with van der Waals surface area (Å²) in [6.07, 6.45) is 10.9. The van der Waals surface area contributed by atoms with Gasteiger partial charge in [-0.05, 0) is 82.9 Å². The molecule has 2 aromatic carbocycles. The van der Waals surface area contributed by atoms with Crippen molar-refractivity contribution in [1.29, 1.82) is 0 Å². The molecule has 0 heterocycles. The molecular weight excluding hydrogens is 324 g/mol. The zero-order valence-electron chi connectivity index (χ0n) is 16.8. The van der Waals surface area contributed by atoms with Crippen molar-refractivity contribution in [1.82, 2.24) is 0 Å². The highest BCUT2D eigenvalue weighted by molar-refractivity contribution is 5.86. The number of fused-ring (bicyclic) bond motifs is 4. The van der Waals surface area contributed by atoms with E-state index in [0.717, 1.165) is 0 Å². The van der Waals surface area contributed by atoms with Gasteiger partial charge in [-0.2, -0.15) is 0 Å². The van der Waals surface area contributed by atoms with Gasteiger partial charge in [0, 0.05) is 0 Å². The summed E-state index contributed by atoms with van der Waals surface area (Å²) in [5.41, 5.74) is 9.49. The fraction of sp³-hybridized carbons (Fsp3) is 0.333. The Kier molecular flexibility index (Phi) is 4.91. The van der Waals surface area contributed by atoms with E-state index in [0.29, 0.717) is 17.8 Å². The molecule has 0 heteroatoms. The first-order chi connectivity index (χ1) is 13.1. The maximum absolute atomic E-state index is 4.54. The summed E-state index contributed by atoms with van der Waals surface area (Å²) >= 11 is 0. The van der Waals surface area contributed by atoms with Gasteiger partial charge in [0.1, 0.15) is 0 Å². The van der Waals surface area contributed by atoms with Crippen LogP contribution < -0.4 is 0 Å². The molecule has 2 aromatic rings. The Morgan fingerprint density at radius 1 is 1.04 bits per heavy atom. The first-order valence-corrected chi connectivity index (χ1v) is 10.4. The van der Waals surface area contributed by atoms with Gasteiger partial charge in [-0.3, -0.25) is 0 Å². The summed E-state index contributed by atoms with van der Waals surface area (Å²) in [7, 11) is 0. The van der Waals surface area contributed by atoms with Gasteiger partial charge in [0.2, 0.25) is 0 Å². The largest absolute Gasteiger partial charge is 0.0909 e. The molecule has 1 fully saturated rings. The van der Waals surface area contributed by atoms with Crippen LogP contribution in [0.5, 0.6) is 0 Å². The summed E-state index contributed by atoms with van der Waals surface area (Å²) in [6, 6.07) is 15.6. The average Bonchev–Trinajstić information content (AvgIpc) is 2.67. The summed E-state index contributed by atoms with van der Waals surface area (Å²) < 4.78 is 0. The second kappa shape index (κ2) is 7.35. The van der Waals surface area contributed by atoms with Crippen molar-refractivity contribution in [2.75, 3.05) is 0 Å². The first kappa shape index (κ1) is 18.0. The molecule has 2 aliphatic rings. The molecule has 0 spiro atoms. The van der Waals surface area contributed by atoms with Gasteiger partial charge >= 0.3 is 0 Å². The number of rotatable bonds is 2. The minimum Gasteiger partial charge on any atom is -0.0909 e. The van der Waals surface area contributed by atoms with E-state index in [4.69, 9.17) is 0 Å². The van der Waals surface area contributed by atoms with E-state index in [2.05, 4.69) is 88.0 Å². The molecule has 0 aromatic heterocycles. The lowest BCUT2D eigenvalue weighted by atomic mass is 9.66. The van der Waals surface area contributed by atoms with Crippen molar-refractivity contribution in [2.45, 2.75) is 51.9 Å². The van der Waals surface area contributed by atoms with Crippen molar-refractivity contribution in [3.8, 4) is 0 Å². The van der Waals surface area contributed by atoms with E-state index >= 15 is 0 Å². The Morgan fingerprint density at radius 2 is 1.81 bits per heavy atom. The normalized spacial score (nSPS) is 25.6. The van der Waals surface area contributed by atoms with Crippen molar-refractivity contribution < 1.29 is 0 Å². The van der Waals surface area contributed by atoms with E-state index in [1.165, 1.54) is 52.7 Å². The molecule has 0 N–H and O–H groups in total. The Morgan fingerprint density at radius 3 is 2.52 bits per heavy atom. The van der Waals surface area contributed by atoms with Gasteiger partial charge in [-0.25, -0.2) is 0 Å². The van der Waals surface area contributed by atoms with Crippen molar-refractivity contribution in [2.24, 2.45) is 5.92 Å². The third-order valence-corrected chi connectivity index (χ3v) is 6.67. The van der Waals surface area contributed by atoms with Gasteiger partial charge in [0.15, 0.2) is 0 Å². The minimum atomic E-state index is 0.588. The molecule has 3 atom stereocenters.